The molecule has 2 aromatic carbocycles. The normalized spacial score (nSPS) is 12.1. The van der Waals surface area contributed by atoms with Gasteiger partial charge >= 0.3 is 6.03 Å². The molecule has 1 aliphatic rings. The number of benzene rings is 2. The topological polar surface area (TPSA) is 59.6 Å². The summed E-state index contributed by atoms with van der Waals surface area (Å²) in [7, 11) is 0. The number of nitrogens with one attached hydrogen (secondary N) is 2. The summed E-state index contributed by atoms with van der Waals surface area (Å²) in [6.07, 6.45) is 0. The highest BCUT2D eigenvalue weighted by Crippen LogP contribution is 2.34. The molecule has 7 heteroatoms. The fraction of sp³-hybridized carbons (Fsp3) is 0.0714. The van der Waals surface area contributed by atoms with Crippen LogP contribution in [0.1, 0.15) is 0 Å². The van der Waals surface area contributed by atoms with E-state index in [1.54, 1.807) is 18.2 Å². The minimum absolute atomic E-state index is 0.174. The molecule has 0 unspecified atom stereocenters. The lowest BCUT2D eigenvalue weighted by atomic mass is 10.3. The summed E-state index contributed by atoms with van der Waals surface area (Å²) < 4.78 is 23.9. The summed E-state index contributed by atoms with van der Waals surface area (Å²) in [5, 5.41) is 5.28. The van der Waals surface area contributed by atoms with Gasteiger partial charge in [0.2, 0.25) is 6.79 Å². The molecule has 1 heterocycles. The molecule has 0 atom stereocenters. The molecule has 0 radical (unpaired) electrons. The number of fused-ring (bicyclic) bond motifs is 1. The second-order valence-electron chi connectivity index (χ2n) is 4.27. The standard InChI is InChI=1S/C14H10BrFN2O3/c15-10-5-8(16)1-3-11(10)18-14(19)17-9-2-4-12-13(6-9)21-7-20-12/h1-6H,7H2,(H2,17,18,19). The molecule has 2 N–H and O–H groups in total. The van der Waals surface area contributed by atoms with Crippen molar-refractivity contribution in [1.29, 1.82) is 0 Å². The zero-order valence-electron chi connectivity index (χ0n) is 10.7. The van der Waals surface area contributed by atoms with E-state index < -0.39 is 6.03 Å². The van der Waals surface area contributed by atoms with Gasteiger partial charge in [0.05, 0.1) is 5.69 Å². The van der Waals surface area contributed by atoms with E-state index in [1.165, 1.54) is 18.2 Å². The Kier molecular flexibility index (Phi) is 3.66. The maximum Gasteiger partial charge on any atom is 0.323 e. The summed E-state index contributed by atoms with van der Waals surface area (Å²) in [4.78, 5) is 11.9. The van der Waals surface area contributed by atoms with E-state index in [1.807, 2.05) is 0 Å². The van der Waals surface area contributed by atoms with E-state index in [9.17, 15) is 9.18 Å². The van der Waals surface area contributed by atoms with Crippen molar-refractivity contribution in [2.75, 3.05) is 17.4 Å². The number of ether oxygens (including phenoxy) is 2. The molecule has 21 heavy (non-hydrogen) atoms. The average molecular weight is 353 g/mol. The number of amides is 2. The molecule has 0 bridgehead atoms. The van der Waals surface area contributed by atoms with Crippen molar-refractivity contribution in [3.05, 3.63) is 46.7 Å². The molecule has 2 aromatic rings. The second-order valence-corrected chi connectivity index (χ2v) is 5.13. The van der Waals surface area contributed by atoms with E-state index in [4.69, 9.17) is 9.47 Å². The third kappa shape index (κ3) is 3.08. The molecule has 0 saturated carbocycles. The lowest BCUT2D eigenvalue weighted by molar-refractivity contribution is 0.174. The van der Waals surface area contributed by atoms with Gasteiger partial charge in [0.25, 0.3) is 0 Å². The summed E-state index contributed by atoms with van der Waals surface area (Å²) in [5.74, 6) is 0.835. The van der Waals surface area contributed by atoms with Crippen molar-refractivity contribution in [3.8, 4) is 11.5 Å². The molecule has 0 fully saturated rings. The Hall–Kier alpha value is -2.28. The van der Waals surface area contributed by atoms with Gasteiger partial charge in [0, 0.05) is 16.2 Å². The molecule has 0 spiro atoms. The van der Waals surface area contributed by atoms with Gasteiger partial charge in [-0.1, -0.05) is 0 Å². The highest BCUT2D eigenvalue weighted by atomic mass is 79.9. The Balaban J connectivity index is 1.69. The first kappa shape index (κ1) is 13.7. The van der Waals surface area contributed by atoms with Crippen molar-refractivity contribution < 1.29 is 18.7 Å². The molecule has 0 aromatic heterocycles. The highest BCUT2D eigenvalue weighted by Gasteiger charge is 2.14. The molecular formula is C14H10BrFN2O3. The smallest absolute Gasteiger partial charge is 0.323 e. The second kappa shape index (κ2) is 5.61. The minimum Gasteiger partial charge on any atom is -0.454 e. The summed E-state index contributed by atoms with van der Waals surface area (Å²) >= 11 is 3.18. The van der Waals surface area contributed by atoms with Gasteiger partial charge in [-0.3, -0.25) is 0 Å². The van der Waals surface area contributed by atoms with Gasteiger partial charge in [-0.15, -0.1) is 0 Å². The largest absolute Gasteiger partial charge is 0.454 e. The molecular weight excluding hydrogens is 343 g/mol. The Morgan fingerprint density at radius 1 is 1.10 bits per heavy atom. The number of rotatable bonds is 2. The maximum absolute atomic E-state index is 13.0. The van der Waals surface area contributed by atoms with Crippen LogP contribution in [0, 0.1) is 5.82 Å². The number of halogens is 2. The summed E-state index contributed by atoms with van der Waals surface area (Å²) in [6.45, 7) is 0.174. The monoisotopic (exact) mass is 352 g/mol. The van der Waals surface area contributed by atoms with E-state index in [-0.39, 0.29) is 12.6 Å². The van der Waals surface area contributed by atoms with Crippen LogP contribution in [0.2, 0.25) is 0 Å². The minimum atomic E-state index is -0.443. The first-order chi connectivity index (χ1) is 10.1. The van der Waals surface area contributed by atoms with Crippen LogP contribution in [0.4, 0.5) is 20.6 Å². The first-order valence-corrected chi connectivity index (χ1v) is 6.84. The number of urea groups is 1. The maximum atomic E-state index is 13.0. The third-order valence-electron chi connectivity index (χ3n) is 2.81. The quantitative estimate of drug-likeness (QED) is 0.859. The SMILES string of the molecule is O=C(Nc1ccc2c(c1)OCO2)Nc1ccc(F)cc1Br. The Morgan fingerprint density at radius 2 is 1.90 bits per heavy atom. The van der Waals surface area contributed by atoms with Gasteiger partial charge in [0.1, 0.15) is 5.82 Å². The predicted molar refractivity (Wildman–Crippen MR) is 79.3 cm³/mol. The van der Waals surface area contributed by atoms with Crippen LogP contribution in [0.3, 0.4) is 0 Å². The molecule has 0 saturated heterocycles. The lowest BCUT2D eigenvalue weighted by Crippen LogP contribution is -2.19. The molecule has 5 nitrogen and oxygen atoms in total. The molecule has 3 rings (SSSR count). The fourth-order valence-electron chi connectivity index (χ4n) is 1.85. The van der Waals surface area contributed by atoms with E-state index in [2.05, 4.69) is 26.6 Å². The Bertz CT molecular complexity index is 709. The molecule has 108 valence electrons. The van der Waals surface area contributed by atoms with Crippen molar-refractivity contribution in [3.63, 3.8) is 0 Å². The number of carbonyl (C=O) groups excluding carboxylic acids is 1. The van der Waals surface area contributed by atoms with Gasteiger partial charge in [-0.2, -0.15) is 0 Å². The van der Waals surface area contributed by atoms with E-state index >= 15 is 0 Å². The third-order valence-corrected chi connectivity index (χ3v) is 3.47. The van der Waals surface area contributed by atoms with Crippen LogP contribution in [-0.2, 0) is 0 Å². The number of anilines is 2. The Labute approximate surface area is 128 Å². The number of hydrogen-bond acceptors (Lipinski definition) is 3. The van der Waals surface area contributed by atoms with Crippen LogP contribution in [-0.4, -0.2) is 12.8 Å². The average Bonchev–Trinajstić information content (AvgIpc) is 2.89. The summed E-state index contributed by atoms with van der Waals surface area (Å²) in [5.41, 5.74) is 1.03. The van der Waals surface area contributed by atoms with Crippen LogP contribution < -0.4 is 20.1 Å². The van der Waals surface area contributed by atoms with Crippen molar-refractivity contribution >= 4 is 33.3 Å². The van der Waals surface area contributed by atoms with Gasteiger partial charge < -0.3 is 20.1 Å². The Morgan fingerprint density at radius 3 is 2.71 bits per heavy atom. The van der Waals surface area contributed by atoms with Crippen molar-refractivity contribution in [2.45, 2.75) is 0 Å². The highest BCUT2D eigenvalue weighted by molar-refractivity contribution is 9.10. The predicted octanol–water partition coefficient (Wildman–Crippen LogP) is 3.96. The molecule has 1 aliphatic heterocycles. The van der Waals surface area contributed by atoms with Gasteiger partial charge in [-0.05, 0) is 46.3 Å². The zero-order chi connectivity index (χ0) is 14.8. The number of carbonyl (C=O) groups is 1. The number of hydrogen-bond donors (Lipinski definition) is 2. The van der Waals surface area contributed by atoms with Crippen molar-refractivity contribution in [2.24, 2.45) is 0 Å². The van der Waals surface area contributed by atoms with Crippen LogP contribution in [0.25, 0.3) is 0 Å². The lowest BCUT2D eigenvalue weighted by Gasteiger charge is -2.09. The zero-order valence-corrected chi connectivity index (χ0v) is 12.2. The van der Waals surface area contributed by atoms with Crippen molar-refractivity contribution in [1.82, 2.24) is 0 Å². The first-order valence-electron chi connectivity index (χ1n) is 6.04. The van der Waals surface area contributed by atoms with Gasteiger partial charge in [-0.25, -0.2) is 9.18 Å². The fourth-order valence-corrected chi connectivity index (χ4v) is 2.30. The van der Waals surface area contributed by atoms with Gasteiger partial charge in [0.15, 0.2) is 11.5 Å². The van der Waals surface area contributed by atoms with E-state index in [0.29, 0.717) is 27.3 Å². The summed E-state index contributed by atoms with van der Waals surface area (Å²) in [6, 6.07) is 8.65. The molecule has 0 aliphatic carbocycles. The van der Waals surface area contributed by atoms with Crippen LogP contribution in [0.15, 0.2) is 40.9 Å². The van der Waals surface area contributed by atoms with E-state index in [0.717, 1.165) is 0 Å². The molecule has 2 amide bonds. The van der Waals surface area contributed by atoms with Crippen LogP contribution in [0.5, 0.6) is 11.5 Å². The van der Waals surface area contributed by atoms with Crippen LogP contribution >= 0.6 is 15.9 Å².